The van der Waals surface area contributed by atoms with Gasteiger partial charge in [-0.05, 0) is 154 Å². The second kappa shape index (κ2) is 15.0. The van der Waals surface area contributed by atoms with Gasteiger partial charge >= 0.3 is 17.8 Å². The van der Waals surface area contributed by atoms with Gasteiger partial charge in [-0.1, -0.05) is 84.6 Å². The number of benzene rings is 1. The molecule has 59 heavy (non-hydrogen) atoms. The van der Waals surface area contributed by atoms with E-state index < -0.39 is 17.4 Å². The molecule has 1 N–H and O–H groups in total. The highest BCUT2D eigenvalue weighted by atomic mass is 35.5. The zero-order valence-corrected chi connectivity index (χ0v) is 39.3. The van der Waals surface area contributed by atoms with E-state index in [9.17, 15) is 19.5 Å². The quantitative estimate of drug-likeness (QED) is 0.136. The molecular weight excluding hydrogens is 754 g/mol. The Morgan fingerprint density at radius 1 is 0.966 bits per heavy atom. The molecule has 0 spiro atoms. The van der Waals surface area contributed by atoms with E-state index >= 15 is 0 Å². The summed E-state index contributed by atoms with van der Waals surface area (Å²) in [5.74, 6) is 1.37. The molecule has 5 aliphatic carbocycles. The second-order valence-corrected chi connectivity index (χ2v) is 23.3. The Labute approximate surface area is 361 Å². The first-order chi connectivity index (χ1) is 27.4. The minimum atomic E-state index is -1.16. The summed E-state index contributed by atoms with van der Waals surface area (Å²) in [6, 6.07) is 7.78. The summed E-state index contributed by atoms with van der Waals surface area (Å²) in [7, 11) is 2.04. The predicted octanol–water partition coefficient (Wildman–Crippen LogP) is 13.3. The van der Waals surface area contributed by atoms with Crippen LogP contribution < -0.4 is 4.48 Å². The Kier molecular flexibility index (Phi) is 11.3. The molecule has 1 aliphatic heterocycles. The summed E-state index contributed by atoms with van der Waals surface area (Å²) in [4.78, 5) is 39.7. The number of aliphatic carboxylic acids is 1. The van der Waals surface area contributed by atoms with Crippen molar-refractivity contribution in [2.24, 2.45) is 62.1 Å². The van der Waals surface area contributed by atoms with E-state index in [0.29, 0.717) is 28.7 Å². The molecule has 1 aromatic rings. The number of amides is 1. The van der Waals surface area contributed by atoms with Crippen molar-refractivity contribution in [3.05, 3.63) is 63.9 Å². The van der Waals surface area contributed by atoms with Crippen molar-refractivity contribution < 1.29 is 24.2 Å². The molecule has 1 amide bonds. The maximum Gasteiger partial charge on any atom is 0.348 e. The molecule has 6 nitrogen and oxygen atoms in total. The smallest absolute Gasteiger partial charge is 0.348 e. The fourth-order valence-electron chi connectivity index (χ4n) is 14.4. The number of carbonyl (C=O) groups excluding carboxylic acids is 2. The molecule has 6 aliphatic rings. The molecule has 0 aromatic heterocycles. The highest BCUT2D eigenvalue weighted by Crippen LogP contribution is 2.75. The summed E-state index contributed by atoms with van der Waals surface area (Å²) < 4.78 is 6.36. The Bertz CT molecular complexity index is 1970. The first-order valence-electron chi connectivity index (χ1n) is 23.2. The minimum absolute atomic E-state index is 0.0795. The molecule has 1 heterocycles. The third-order valence-electron chi connectivity index (χ3n) is 18.2. The average Bonchev–Trinajstić information content (AvgIpc) is 3.93. The molecule has 0 radical (unpaired) electrons. The SMILES string of the molecule is CCCC1C2=C(C(C)C)C(C3CC3)CC2(C2=CC(=O)[N+](C)(c3ccc(Cl)cc3)C(C)=C2)CCC1(C)C1(C)CCC2C(C)(CCC(OC(=O)CC(C)(C)C(=O)O)C2(C)C)C1. The molecule has 9 atom stereocenters. The lowest BCUT2D eigenvalue weighted by Gasteiger charge is -2.66. The van der Waals surface area contributed by atoms with Gasteiger partial charge in [0.25, 0.3) is 0 Å². The van der Waals surface area contributed by atoms with E-state index in [1.807, 2.05) is 31.3 Å². The zero-order chi connectivity index (χ0) is 43.3. The maximum absolute atomic E-state index is 14.7. The minimum Gasteiger partial charge on any atom is -0.481 e. The van der Waals surface area contributed by atoms with Crippen molar-refractivity contribution in [1.29, 1.82) is 0 Å². The summed E-state index contributed by atoms with van der Waals surface area (Å²) in [6.07, 6.45) is 17.6. The van der Waals surface area contributed by atoms with Crippen LogP contribution in [0.15, 0.2) is 58.8 Å². The van der Waals surface area contributed by atoms with Crippen LogP contribution >= 0.6 is 11.6 Å². The number of likely N-dealkylation sites (N-methyl/N-ethyl adjacent to an activating group) is 1. The number of carbonyl (C=O) groups is 3. The lowest BCUT2D eigenvalue weighted by atomic mass is 9.39. The van der Waals surface area contributed by atoms with Gasteiger partial charge in [-0.2, -0.15) is 4.48 Å². The molecule has 0 saturated heterocycles. The number of allylic oxidation sites excluding steroid dienone is 5. The fraction of sp³-hybridized carbons (Fsp3) is 0.712. The van der Waals surface area contributed by atoms with Gasteiger partial charge in [-0.25, -0.2) is 4.79 Å². The van der Waals surface area contributed by atoms with Gasteiger partial charge in [0, 0.05) is 41.0 Å². The van der Waals surface area contributed by atoms with E-state index in [-0.39, 0.29) is 50.0 Å². The van der Waals surface area contributed by atoms with Crippen molar-refractivity contribution in [2.75, 3.05) is 7.05 Å². The van der Waals surface area contributed by atoms with Crippen molar-refractivity contribution in [3.8, 4) is 0 Å². The number of esters is 1. The molecular formula is C52H75ClNO5+. The Hall–Kier alpha value is -2.70. The van der Waals surface area contributed by atoms with Crippen LogP contribution in [0.5, 0.6) is 0 Å². The molecule has 1 aromatic carbocycles. The normalized spacial score (nSPS) is 38.4. The van der Waals surface area contributed by atoms with E-state index in [1.165, 1.54) is 18.4 Å². The van der Waals surface area contributed by atoms with Crippen molar-refractivity contribution >= 4 is 35.1 Å². The summed E-state index contributed by atoms with van der Waals surface area (Å²) in [5, 5.41) is 10.4. The van der Waals surface area contributed by atoms with Crippen LogP contribution in [0.4, 0.5) is 5.69 Å². The molecule has 7 heteroatoms. The van der Waals surface area contributed by atoms with Gasteiger partial charge in [-0.3, -0.25) is 9.59 Å². The molecule has 0 bridgehead atoms. The van der Waals surface area contributed by atoms with E-state index in [2.05, 4.69) is 74.5 Å². The number of halogens is 1. The number of ether oxygens (including phenoxy) is 1. The summed E-state index contributed by atoms with van der Waals surface area (Å²) in [5.41, 5.74) is 5.49. The van der Waals surface area contributed by atoms with E-state index in [0.717, 1.165) is 81.5 Å². The number of hydrogen-bond acceptors (Lipinski definition) is 4. The van der Waals surface area contributed by atoms with E-state index in [1.54, 1.807) is 25.0 Å². The zero-order valence-electron chi connectivity index (χ0n) is 38.5. The number of quaternary nitrogens is 1. The standard InChI is InChI=1S/C52H74ClNO5/c1-13-14-39-45-44(32(2)3)38(34-15-16-34)29-52(45,35-27-33(4)54(12,42(55)28-35)37-19-17-36(53)18-20-37)26-25-51(39,11)50(10)24-21-40-48(7,8)41(22-23-49(40,9)31-50)59-43(56)30-47(5,6)46(57)58/h17-20,27-28,32,34,38-41H,13-16,21-26,29-31H2,1-12H3/p+1. The number of nitrogens with zero attached hydrogens (tertiary/aromatic N) is 1. The van der Waals surface area contributed by atoms with Crippen LogP contribution in [0.2, 0.25) is 5.02 Å². The summed E-state index contributed by atoms with van der Waals surface area (Å²) >= 11 is 6.31. The molecule has 4 saturated carbocycles. The lowest BCUT2D eigenvalue weighted by Crippen LogP contribution is -2.59. The third kappa shape index (κ3) is 7.05. The molecule has 9 unspecified atom stereocenters. The van der Waals surface area contributed by atoms with Crippen LogP contribution in [0.25, 0.3) is 0 Å². The topological polar surface area (TPSA) is 80.7 Å². The monoisotopic (exact) mass is 829 g/mol. The van der Waals surface area contributed by atoms with Crippen LogP contribution in [-0.4, -0.2) is 36.1 Å². The number of carboxylic acids is 1. The van der Waals surface area contributed by atoms with Gasteiger partial charge in [-0.15, -0.1) is 0 Å². The number of carboxylic acid groups (broad SMARTS) is 1. The number of fused-ring (bicyclic) bond motifs is 2. The fourth-order valence-corrected chi connectivity index (χ4v) is 14.5. The van der Waals surface area contributed by atoms with Crippen LogP contribution in [0, 0.1) is 62.1 Å². The van der Waals surface area contributed by atoms with Crippen molar-refractivity contribution in [2.45, 2.75) is 166 Å². The van der Waals surface area contributed by atoms with Gasteiger partial charge in [0.15, 0.2) is 0 Å². The number of hydrogen-bond donors (Lipinski definition) is 1. The Morgan fingerprint density at radius 2 is 1.63 bits per heavy atom. The predicted molar refractivity (Wildman–Crippen MR) is 239 cm³/mol. The third-order valence-corrected chi connectivity index (χ3v) is 18.5. The van der Waals surface area contributed by atoms with Gasteiger partial charge in [0.1, 0.15) is 17.5 Å². The first-order valence-corrected chi connectivity index (χ1v) is 23.5. The second-order valence-electron chi connectivity index (χ2n) is 22.9. The lowest BCUT2D eigenvalue weighted by molar-refractivity contribution is -0.192. The van der Waals surface area contributed by atoms with Gasteiger partial charge in [0.2, 0.25) is 0 Å². The molecule has 324 valence electrons. The molecule has 7 rings (SSSR count). The maximum atomic E-state index is 14.7. The Balaban J connectivity index is 1.24. The van der Waals surface area contributed by atoms with Crippen LogP contribution in [0.1, 0.15) is 160 Å². The van der Waals surface area contributed by atoms with Crippen LogP contribution in [0.3, 0.4) is 0 Å². The van der Waals surface area contributed by atoms with E-state index in [4.69, 9.17) is 16.3 Å². The van der Waals surface area contributed by atoms with Gasteiger partial charge < -0.3 is 9.84 Å². The van der Waals surface area contributed by atoms with Crippen LogP contribution in [-0.2, 0) is 19.1 Å². The first kappa shape index (κ1) is 44.4. The summed E-state index contributed by atoms with van der Waals surface area (Å²) in [6.45, 7) is 25.1. The molecule has 4 fully saturated rings. The highest BCUT2D eigenvalue weighted by molar-refractivity contribution is 6.30. The van der Waals surface area contributed by atoms with Gasteiger partial charge in [0.05, 0.1) is 18.9 Å². The average molecular weight is 830 g/mol. The van der Waals surface area contributed by atoms with Crippen molar-refractivity contribution in [3.63, 3.8) is 0 Å². The number of rotatable bonds is 11. The van der Waals surface area contributed by atoms with Crippen molar-refractivity contribution in [1.82, 2.24) is 4.48 Å². The highest BCUT2D eigenvalue weighted by Gasteiger charge is 2.66. The Morgan fingerprint density at radius 3 is 2.20 bits per heavy atom. The largest absolute Gasteiger partial charge is 0.481 e.